The average molecular weight is 317 g/mol. The lowest BCUT2D eigenvalue weighted by molar-refractivity contribution is 0.102. The number of anilines is 1. The number of thiazole rings is 1. The van der Waals surface area contributed by atoms with Gasteiger partial charge in [0.15, 0.2) is 5.13 Å². The number of hydrogen-bond acceptors (Lipinski definition) is 6. The SMILES string of the molecule is CCc1nnc(C)cc1C(=O)Nc1nc2c(s1)CN(C)CC2. The molecule has 2 aromatic rings. The van der Waals surface area contributed by atoms with E-state index in [4.69, 9.17) is 0 Å². The minimum atomic E-state index is -0.158. The fourth-order valence-corrected chi connectivity index (χ4v) is 3.60. The van der Waals surface area contributed by atoms with Crippen molar-refractivity contribution in [1.82, 2.24) is 20.1 Å². The monoisotopic (exact) mass is 317 g/mol. The summed E-state index contributed by atoms with van der Waals surface area (Å²) < 4.78 is 0. The van der Waals surface area contributed by atoms with Crippen LogP contribution in [-0.2, 0) is 19.4 Å². The Labute approximate surface area is 133 Å². The smallest absolute Gasteiger partial charge is 0.259 e. The van der Waals surface area contributed by atoms with Gasteiger partial charge in [0.2, 0.25) is 0 Å². The lowest BCUT2D eigenvalue weighted by atomic mass is 10.1. The van der Waals surface area contributed by atoms with Crippen LogP contribution < -0.4 is 5.32 Å². The predicted molar refractivity (Wildman–Crippen MR) is 86.3 cm³/mol. The lowest BCUT2D eigenvalue weighted by Gasteiger charge is -2.20. The summed E-state index contributed by atoms with van der Waals surface area (Å²) in [5.41, 5.74) is 3.14. The summed E-state index contributed by atoms with van der Waals surface area (Å²) in [6.45, 7) is 5.71. The van der Waals surface area contributed by atoms with Gasteiger partial charge in [0.05, 0.1) is 22.6 Å². The number of nitrogens with one attached hydrogen (secondary N) is 1. The number of aromatic nitrogens is 3. The highest BCUT2D eigenvalue weighted by molar-refractivity contribution is 7.15. The molecule has 0 aromatic carbocycles. The Morgan fingerprint density at radius 3 is 3.05 bits per heavy atom. The number of amides is 1. The number of carbonyl (C=O) groups is 1. The Kier molecular flexibility index (Phi) is 4.17. The molecule has 0 bridgehead atoms. The molecule has 0 saturated carbocycles. The third-order valence-electron chi connectivity index (χ3n) is 3.71. The van der Waals surface area contributed by atoms with Gasteiger partial charge in [-0.05, 0) is 26.5 Å². The molecule has 1 N–H and O–H groups in total. The Morgan fingerprint density at radius 2 is 2.27 bits per heavy atom. The topological polar surface area (TPSA) is 71.0 Å². The van der Waals surface area contributed by atoms with E-state index in [-0.39, 0.29) is 5.91 Å². The van der Waals surface area contributed by atoms with E-state index in [2.05, 4.69) is 32.4 Å². The number of fused-ring (bicyclic) bond motifs is 1. The van der Waals surface area contributed by atoms with E-state index in [9.17, 15) is 4.79 Å². The van der Waals surface area contributed by atoms with Crippen molar-refractivity contribution in [2.24, 2.45) is 0 Å². The molecular weight excluding hydrogens is 298 g/mol. The maximum Gasteiger partial charge on any atom is 0.259 e. The number of likely N-dealkylation sites (N-methyl/N-ethyl adjacent to an activating group) is 1. The van der Waals surface area contributed by atoms with Crippen LogP contribution in [0.5, 0.6) is 0 Å². The summed E-state index contributed by atoms with van der Waals surface area (Å²) in [6, 6.07) is 1.78. The summed E-state index contributed by atoms with van der Waals surface area (Å²) in [7, 11) is 2.10. The van der Waals surface area contributed by atoms with E-state index in [1.54, 1.807) is 17.4 Å². The molecular formula is C15H19N5OS. The largest absolute Gasteiger partial charge is 0.301 e. The van der Waals surface area contributed by atoms with Gasteiger partial charge in [0.1, 0.15) is 0 Å². The zero-order valence-corrected chi connectivity index (χ0v) is 13.8. The molecule has 1 aliphatic heterocycles. The molecule has 116 valence electrons. The van der Waals surface area contributed by atoms with Gasteiger partial charge < -0.3 is 4.90 Å². The summed E-state index contributed by atoms with van der Waals surface area (Å²) in [5.74, 6) is -0.158. The van der Waals surface area contributed by atoms with Crippen LogP contribution in [0.3, 0.4) is 0 Å². The standard InChI is InChI=1S/C15H19N5OS/c1-4-11-10(7-9(2)18-19-11)14(21)17-15-16-12-5-6-20(3)8-13(12)22-15/h7H,4-6,8H2,1-3H3,(H,16,17,21). The highest BCUT2D eigenvalue weighted by atomic mass is 32.1. The van der Waals surface area contributed by atoms with Gasteiger partial charge in [-0.2, -0.15) is 10.2 Å². The summed E-state index contributed by atoms with van der Waals surface area (Å²) in [6.07, 6.45) is 1.61. The lowest BCUT2D eigenvalue weighted by Crippen LogP contribution is -2.25. The third-order valence-corrected chi connectivity index (χ3v) is 4.71. The van der Waals surface area contributed by atoms with Gasteiger partial charge in [0.25, 0.3) is 5.91 Å². The minimum absolute atomic E-state index is 0.158. The van der Waals surface area contributed by atoms with Crippen molar-refractivity contribution in [3.05, 3.63) is 33.6 Å². The molecule has 1 amide bonds. The first-order valence-electron chi connectivity index (χ1n) is 7.38. The number of aryl methyl sites for hydroxylation is 2. The van der Waals surface area contributed by atoms with Crippen molar-refractivity contribution in [3.8, 4) is 0 Å². The maximum atomic E-state index is 12.5. The third kappa shape index (κ3) is 3.00. The van der Waals surface area contributed by atoms with E-state index in [0.717, 1.165) is 30.9 Å². The highest BCUT2D eigenvalue weighted by Crippen LogP contribution is 2.28. The molecule has 0 aliphatic carbocycles. The Bertz CT molecular complexity index is 712. The summed E-state index contributed by atoms with van der Waals surface area (Å²) in [5, 5.41) is 11.7. The van der Waals surface area contributed by atoms with Crippen LogP contribution in [0.1, 0.15) is 39.2 Å². The van der Waals surface area contributed by atoms with Crippen molar-refractivity contribution < 1.29 is 4.79 Å². The van der Waals surface area contributed by atoms with Gasteiger partial charge >= 0.3 is 0 Å². The number of carbonyl (C=O) groups excluding carboxylic acids is 1. The zero-order chi connectivity index (χ0) is 15.7. The first kappa shape index (κ1) is 15.1. The fourth-order valence-electron chi connectivity index (χ4n) is 2.51. The van der Waals surface area contributed by atoms with E-state index < -0.39 is 0 Å². The molecule has 0 spiro atoms. The molecule has 3 heterocycles. The van der Waals surface area contributed by atoms with Crippen molar-refractivity contribution in [2.75, 3.05) is 18.9 Å². The number of hydrogen-bond donors (Lipinski definition) is 1. The van der Waals surface area contributed by atoms with E-state index in [1.807, 2.05) is 13.8 Å². The van der Waals surface area contributed by atoms with Crippen molar-refractivity contribution >= 4 is 22.4 Å². The molecule has 1 aliphatic rings. The van der Waals surface area contributed by atoms with E-state index in [1.165, 1.54) is 4.88 Å². The molecule has 0 unspecified atom stereocenters. The molecule has 7 heteroatoms. The molecule has 6 nitrogen and oxygen atoms in total. The minimum Gasteiger partial charge on any atom is -0.301 e. The Balaban J connectivity index is 1.82. The molecule has 0 radical (unpaired) electrons. The molecule has 2 aromatic heterocycles. The second kappa shape index (κ2) is 6.10. The first-order chi connectivity index (χ1) is 10.6. The Morgan fingerprint density at radius 1 is 1.45 bits per heavy atom. The molecule has 3 rings (SSSR count). The van der Waals surface area contributed by atoms with Crippen molar-refractivity contribution in [3.63, 3.8) is 0 Å². The predicted octanol–water partition coefficient (Wildman–Crippen LogP) is 2.04. The molecule has 0 saturated heterocycles. The zero-order valence-electron chi connectivity index (χ0n) is 13.0. The van der Waals surface area contributed by atoms with Crippen LogP contribution in [0, 0.1) is 6.92 Å². The van der Waals surface area contributed by atoms with Gasteiger partial charge in [-0.1, -0.05) is 6.92 Å². The average Bonchev–Trinajstić information content (AvgIpc) is 2.88. The van der Waals surface area contributed by atoms with Gasteiger partial charge in [-0.3, -0.25) is 10.1 Å². The van der Waals surface area contributed by atoms with Gasteiger partial charge in [-0.15, -0.1) is 11.3 Å². The molecule has 22 heavy (non-hydrogen) atoms. The maximum absolute atomic E-state index is 12.5. The number of nitrogens with zero attached hydrogens (tertiary/aromatic N) is 4. The van der Waals surface area contributed by atoms with Crippen LogP contribution in [-0.4, -0.2) is 39.6 Å². The van der Waals surface area contributed by atoms with Crippen LogP contribution in [0.15, 0.2) is 6.07 Å². The van der Waals surface area contributed by atoms with E-state index >= 15 is 0 Å². The van der Waals surface area contributed by atoms with Gasteiger partial charge in [-0.25, -0.2) is 4.98 Å². The van der Waals surface area contributed by atoms with E-state index in [0.29, 0.717) is 22.8 Å². The van der Waals surface area contributed by atoms with Crippen LogP contribution in [0.4, 0.5) is 5.13 Å². The molecule has 0 atom stereocenters. The second-order valence-corrected chi connectivity index (χ2v) is 6.61. The summed E-state index contributed by atoms with van der Waals surface area (Å²) >= 11 is 1.56. The van der Waals surface area contributed by atoms with Crippen LogP contribution in [0.2, 0.25) is 0 Å². The second-order valence-electron chi connectivity index (χ2n) is 5.53. The van der Waals surface area contributed by atoms with Crippen LogP contribution >= 0.6 is 11.3 Å². The molecule has 0 fully saturated rings. The normalized spacial score (nSPS) is 14.7. The van der Waals surface area contributed by atoms with Crippen LogP contribution in [0.25, 0.3) is 0 Å². The van der Waals surface area contributed by atoms with Gasteiger partial charge in [0, 0.05) is 24.4 Å². The Hall–Kier alpha value is -1.86. The number of rotatable bonds is 3. The van der Waals surface area contributed by atoms with Crippen molar-refractivity contribution in [2.45, 2.75) is 33.2 Å². The van der Waals surface area contributed by atoms with Crippen molar-refractivity contribution in [1.29, 1.82) is 0 Å². The first-order valence-corrected chi connectivity index (χ1v) is 8.20. The quantitative estimate of drug-likeness (QED) is 0.938. The highest BCUT2D eigenvalue weighted by Gasteiger charge is 2.20. The fraction of sp³-hybridized carbons (Fsp3) is 0.467. The summed E-state index contributed by atoms with van der Waals surface area (Å²) in [4.78, 5) is 20.6.